The maximum atomic E-state index is 12.5. The highest BCUT2D eigenvalue weighted by Crippen LogP contribution is 2.25. The van der Waals surface area contributed by atoms with Crippen molar-refractivity contribution in [1.29, 1.82) is 0 Å². The number of fused-ring (bicyclic) bond motifs is 1. The Morgan fingerprint density at radius 1 is 1.04 bits per heavy atom. The third-order valence-electron chi connectivity index (χ3n) is 5.11. The minimum absolute atomic E-state index is 0.0954. The lowest BCUT2D eigenvalue weighted by atomic mass is 10.1. The van der Waals surface area contributed by atoms with Gasteiger partial charge in [0.2, 0.25) is 5.91 Å². The van der Waals surface area contributed by atoms with Gasteiger partial charge in [-0.1, -0.05) is 48.0 Å². The van der Waals surface area contributed by atoms with Crippen LogP contribution in [-0.4, -0.2) is 24.9 Å². The summed E-state index contributed by atoms with van der Waals surface area (Å²) in [6.07, 6.45) is 0.464. The van der Waals surface area contributed by atoms with Gasteiger partial charge in [-0.05, 0) is 42.0 Å². The van der Waals surface area contributed by atoms with E-state index in [0.717, 1.165) is 16.5 Å². The number of carbonyl (C=O) groups excluding carboxylic acids is 2. The normalized spacial score (nSPS) is 16.7. The van der Waals surface area contributed by atoms with Gasteiger partial charge in [0.15, 0.2) is 0 Å². The average Bonchev–Trinajstić information content (AvgIpc) is 3.07. The molecule has 0 spiro atoms. The van der Waals surface area contributed by atoms with E-state index in [4.69, 9.17) is 0 Å². The number of nitrogens with zero attached hydrogens (tertiary/aromatic N) is 1. The standard InChI is InChI=1S/C23H22N2O2/c1-16-6-10-21(11-7-16)25-15-17(12-22(25)26)14-24-23(27)20-9-8-18-4-2-3-5-19(18)13-20/h2-11,13,17H,12,14-15H2,1H3,(H,24,27). The predicted octanol–water partition coefficient (Wildman–Crippen LogP) is 3.93. The summed E-state index contributed by atoms with van der Waals surface area (Å²) < 4.78 is 0. The van der Waals surface area contributed by atoms with Crippen molar-refractivity contribution in [2.24, 2.45) is 5.92 Å². The Bertz CT molecular complexity index is 995. The number of nitrogens with one attached hydrogen (secondary N) is 1. The van der Waals surface area contributed by atoms with Crippen molar-refractivity contribution >= 4 is 28.3 Å². The first-order chi connectivity index (χ1) is 13.1. The largest absolute Gasteiger partial charge is 0.352 e. The minimum atomic E-state index is -0.0954. The topological polar surface area (TPSA) is 49.4 Å². The molecule has 3 aromatic rings. The molecule has 0 aromatic heterocycles. The van der Waals surface area contributed by atoms with Gasteiger partial charge < -0.3 is 10.2 Å². The van der Waals surface area contributed by atoms with E-state index < -0.39 is 0 Å². The van der Waals surface area contributed by atoms with E-state index in [1.54, 1.807) is 0 Å². The molecule has 1 aliphatic heterocycles. The van der Waals surface area contributed by atoms with Gasteiger partial charge in [0.05, 0.1) is 0 Å². The van der Waals surface area contributed by atoms with Gasteiger partial charge in [0.1, 0.15) is 0 Å². The van der Waals surface area contributed by atoms with E-state index >= 15 is 0 Å². The second kappa shape index (κ2) is 7.23. The number of aryl methyl sites for hydroxylation is 1. The van der Waals surface area contributed by atoms with Crippen LogP contribution in [0, 0.1) is 12.8 Å². The van der Waals surface area contributed by atoms with Gasteiger partial charge in [-0.2, -0.15) is 0 Å². The first-order valence-electron chi connectivity index (χ1n) is 9.24. The number of benzene rings is 3. The molecule has 0 bridgehead atoms. The highest BCUT2D eigenvalue weighted by atomic mass is 16.2. The smallest absolute Gasteiger partial charge is 0.251 e. The third kappa shape index (κ3) is 3.70. The second-order valence-electron chi connectivity index (χ2n) is 7.18. The molecule has 1 heterocycles. The number of hydrogen-bond donors (Lipinski definition) is 1. The first kappa shape index (κ1) is 17.3. The van der Waals surface area contributed by atoms with Crippen LogP contribution in [0.4, 0.5) is 5.69 Å². The van der Waals surface area contributed by atoms with Crippen molar-refractivity contribution in [2.45, 2.75) is 13.3 Å². The van der Waals surface area contributed by atoms with E-state index in [0.29, 0.717) is 25.1 Å². The van der Waals surface area contributed by atoms with Crippen molar-refractivity contribution in [3.05, 3.63) is 77.9 Å². The van der Waals surface area contributed by atoms with Crippen LogP contribution >= 0.6 is 0 Å². The van der Waals surface area contributed by atoms with Crippen LogP contribution in [-0.2, 0) is 4.79 Å². The van der Waals surface area contributed by atoms with Crippen molar-refractivity contribution in [3.8, 4) is 0 Å². The molecular weight excluding hydrogens is 336 g/mol. The summed E-state index contributed by atoms with van der Waals surface area (Å²) in [5.41, 5.74) is 2.74. The Balaban J connectivity index is 1.39. The highest BCUT2D eigenvalue weighted by Gasteiger charge is 2.30. The summed E-state index contributed by atoms with van der Waals surface area (Å²) in [5.74, 6) is 0.147. The molecule has 1 saturated heterocycles. The molecular formula is C23H22N2O2. The molecule has 4 heteroatoms. The fourth-order valence-electron chi connectivity index (χ4n) is 3.56. The Morgan fingerprint density at radius 3 is 2.56 bits per heavy atom. The van der Waals surface area contributed by atoms with Crippen LogP contribution in [0.5, 0.6) is 0 Å². The van der Waals surface area contributed by atoms with Crippen LogP contribution in [0.2, 0.25) is 0 Å². The molecule has 4 rings (SSSR count). The van der Waals surface area contributed by atoms with Gasteiger partial charge in [-0.15, -0.1) is 0 Å². The molecule has 1 N–H and O–H groups in total. The molecule has 1 unspecified atom stereocenters. The van der Waals surface area contributed by atoms with Gasteiger partial charge >= 0.3 is 0 Å². The summed E-state index contributed by atoms with van der Waals surface area (Å²) in [5, 5.41) is 5.15. The summed E-state index contributed by atoms with van der Waals surface area (Å²) in [4.78, 5) is 26.7. The quantitative estimate of drug-likeness (QED) is 0.768. The zero-order valence-electron chi connectivity index (χ0n) is 15.3. The average molecular weight is 358 g/mol. The summed E-state index contributed by atoms with van der Waals surface area (Å²) in [6.45, 7) is 3.17. The lowest BCUT2D eigenvalue weighted by Crippen LogP contribution is -2.31. The van der Waals surface area contributed by atoms with Crippen LogP contribution in [0.1, 0.15) is 22.3 Å². The molecule has 2 amide bonds. The molecule has 0 aliphatic carbocycles. The number of rotatable bonds is 4. The summed E-state index contributed by atoms with van der Waals surface area (Å²) in [6, 6.07) is 21.7. The van der Waals surface area contributed by atoms with Crippen molar-refractivity contribution in [2.75, 3.05) is 18.0 Å². The Labute approximate surface area is 158 Å². The summed E-state index contributed by atoms with van der Waals surface area (Å²) >= 11 is 0. The molecule has 0 saturated carbocycles. The molecule has 3 aromatic carbocycles. The van der Waals surface area contributed by atoms with E-state index in [1.165, 1.54) is 5.56 Å². The van der Waals surface area contributed by atoms with Crippen LogP contribution in [0.25, 0.3) is 10.8 Å². The Kier molecular flexibility index (Phi) is 4.63. The molecule has 27 heavy (non-hydrogen) atoms. The molecule has 136 valence electrons. The lowest BCUT2D eigenvalue weighted by Gasteiger charge is -2.17. The molecule has 4 nitrogen and oxygen atoms in total. The Morgan fingerprint density at radius 2 is 1.78 bits per heavy atom. The predicted molar refractivity (Wildman–Crippen MR) is 108 cm³/mol. The number of hydrogen-bond acceptors (Lipinski definition) is 2. The second-order valence-corrected chi connectivity index (χ2v) is 7.18. The highest BCUT2D eigenvalue weighted by molar-refractivity contribution is 5.99. The maximum absolute atomic E-state index is 12.5. The molecule has 1 atom stereocenters. The fraction of sp³-hybridized carbons (Fsp3) is 0.217. The number of amides is 2. The lowest BCUT2D eigenvalue weighted by molar-refractivity contribution is -0.117. The SMILES string of the molecule is Cc1ccc(N2CC(CNC(=O)c3ccc4ccccc4c3)CC2=O)cc1. The number of carbonyl (C=O) groups is 2. The van der Waals surface area contributed by atoms with Crippen molar-refractivity contribution in [3.63, 3.8) is 0 Å². The zero-order valence-corrected chi connectivity index (χ0v) is 15.3. The molecule has 0 radical (unpaired) electrons. The van der Waals surface area contributed by atoms with E-state index in [-0.39, 0.29) is 17.7 Å². The van der Waals surface area contributed by atoms with Gasteiger partial charge in [0.25, 0.3) is 5.91 Å². The van der Waals surface area contributed by atoms with E-state index in [1.807, 2.05) is 78.6 Å². The van der Waals surface area contributed by atoms with Gasteiger partial charge in [0, 0.05) is 36.7 Å². The van der Waals surface area contributed by atoms with Gasteiger partial charge in [-0.3, -0.25) is 9.59 Å². The van der Waals surface area contributed by atoms with E-state index in [9.17, 15) is 9.59 Å². The monoisotopic (exact) mass is 358 g/mol. The third-order valence-corrected chi connectivity index (χ3v) is 5.11. The van der Waals surface area contributed by atoms with Crippen LogP contribution < -0.4 is 10.2 Å². The van der Waals surface area contributed by atoms with Crippen molar-refractivity contribution < 1.29 is 9.59 Å². The van der Waals surface area contributed by atoms with Crippen molar-refractivity contribution in [1.82, 2.24) is 5.32 Å². The minimum Gasteiger partial charge on any atom is -0.352 e. The van der Waals surface area contributed by atoms with E-state index in [2.05, 4.69) is 5.32 Å². The first-order valence-corrected chi connectivity index (χ1v) is 9.24. The van der Waals surface area contributed by atoms with Gasteiger partial charge in [-0.25, -0.2) is 0 Å². The summed E-state index contributed by atoms with van der Waals surface area (Å²) in [7, 11) is 0. The molecule has 1 fully saturated rings. The maximum Gasteiger partial charge on any atom is 0.251 e. The fourth-order valence-corrected chi connectivity index (χ4v) is 3.56. The zero-order chi connectivity index (χ0) is 18.8. The Hall–Kier alpha value is -3.14. The van der Waals surface area contributed by atoms with Crippen LogP contribution in [0.3, 0.4) is 0 Å². The number of anilines is 1. The molecule has 1 aliphatic rings. The van der Waals surface area contributed by atoms with Crippen LogP contribution in [0.15, 0.2) is 66.7 Å².